The zero-order valence-corrected chi connectivity index (χ0v) is 10.3. The van der Waals surface area contributed by atoms with Crippen molar-refractivity contribution in [2.45, 2.75) is 31.8 Å². The summed E-state index contributed by atoms with van der Waals surface area (Å²) in [5.41, 5.74) is 3.79. The Bertz CT molecular complexity index is 489. The van der Waals surface area contributed by atoms with Gasteiger partial charge in [0.15, 0.2) is 0 Å². The Morgan fingerprint density at radius 3 is 2.56 bits per heavy atom. The minimum Gasteiger partial charge on any atom is -0.307 e. The molecule has 0 bridgehead atoms. The predicted octanol–water partition coefficient (Wildman–Crippen LogP) is 2.64. The molecule has 1 aliphatic rings. The van der Waals surface area contributed by atoms with E-state index in [9.17, 15) is 0 Å². The standard InChI is InChI=1S/C15H17N3/c1-2-15(18-17-9-1)11-16-10-12-3-5-13(6-4-12)14-7-8-14/h1-6,9,14,16H,7-8,10-11H2. The molecular formula is C15H17N3. The van der Waals surface area contributed by atoms with Crippen LogP contribution in [0.3, 0.4) is 0 Å². The maximum Gasteiger partial charge on any atom is 0.0769 e. The number of aromatic nitrogens is 2. The second-order valence-electron chi connectivity index (χ2n) is 4.83. The lowest BCUT2D eigenvalue weighted by atomic mass is 10.1. The summed E-state index contributed by atoms with van der Waals surface area (Å²) in [5, 5.41) is 11.3. The molecular weight excluding hydrogens is 222 g/mol. The van der Waals surface area contributed by atoms with E-state index in [1.54, 1.807) is 6.20 Å². The zero-order chi connectivity index (χ0) is 12.2. The average molecular weight is 239 g/mol. The molecule has 3 heteroatoms. The molecule has 18 heavy (non-hydrogen) atoms. The zero-order valence-electron chi connectivity index (χ0n) is 10.3. The first-order valence-corrected chi connectivity index (χ1v) is 6.48. The first-order valence-electron chi connectivity index (χ1n) is 6.48. The third-order valence-corrected chi connectivity index (χ3v) is 3.29. The molecule has 1 aromatic carbocycles. The van der Waals surface area contributed by atoms with Gasteiger partial charge in [-0.2, -0.15) is 10.2 Å². The minimum absolute atomic E-state index is 0.762. The van der Waals surface area contributed by atoms with E-state index in [2.05, 4.69) is 39.8 Å². The van der Waals surface area contributed by atoms with Gasteiger partial charge in [0.1, 0.15) is 0 Å². The van der Waals surface area contributed by atoms with Crippen molar-refractivity contribution in [3.63, 3.8) is 0 Å². The quantitative estimate of drug-likeness (QED) is 0.871. The van der Waals surface area contributed by atoms with Crippen LogP contribution in [0.2, 0.25) is 0 Å². The monoisotopic (exact) mass is 239 g/mol. The summed E-state index contributed by atoms with van der Waals surface area (Å²) in [6, 6.07) is 12.9. The van der Waals surface area contributed by atoms with Crippen LogP contribution in [0.5, 0.6) is 0 Å². The van der Waals surface area contributed by atoms with Crippen LogP contribution in [0, 0.1) is 0 Å². The molecule has 1 aromatic heterocycles. The fourth-order valence-corrected chi connectivity index (χ4v) is 2.09. The van der Waals surface area contributed by atoms with Crippen molar-refractivity contribution >= 4 is 0 Å². The first-order chi connectivity index (χ1) is 8.92. The van der Waals surface area contributed by atoms with Crippen molar-refractivity contribution in [1.82, 2.24) is 15.5 Å². The molecule has 1 heterocycles. The average Bonchev–Trinajstić information content (AvgIpc) is 3.25. The van der Waals surface area contributed by atoms with Crippen molar-refractivity contribution in [2.75, 3.05) is 0 Å². The van der Waals surface area contributed by atoms with E-state index in [0.29, 0.717) is 0 Å². The second-order valence-corrected chi connectivity index (χ2v) is 4.83. The van der Waals surface area contributed by atoms with Gasteiger partial charge in [0, 0.05) is 19.3 Å². The van der Waals surface area contributed by atoms with Crippen molar-refractivity contribution in [1.29, 1.82) is 0 Å². The molecule has 0 unspecified atom stereocenters. The van der Waals surface area contributed by atoms with Gasteiger partial charge in [-0.3, -0.25) is 0 Å². The van der Waals surface area contributed by atoms with E-state index in [0.717, 1.165) is 24.7 Å². The normalized spacial score (nSPS) is 14.7. The van der Waals surface area contributed by atoms with Crippen LogP contribution in [0.4, 0.5) is 0 Å². The molecule has 0 radical (unpaired) electrons. The number of nitrogens with zero attached hydrogens (tertiary/aromatic N) is 2. The molecule has 1 fully saturated rings. The Hall–Kier alpha value is -1.74. The highest BCUT2D eigenvalue weighted by Crippen LogP contribution is 2.39. The molecule has 0 atom stereocenters. The van der Waals surface area contributed by atoms with E-state index < -0.39 is 0 Å². The lowest BCUT2D eigenvalue weighted by Gasteiger charge is -2.05. The number of nitrogens with one attached hydrogen (secondary N) is 1. The third-order valence-electron chi connectivity index (χ3n) is 3.29. The van der Waals surface area contributed by atoms with Crippen LogP contribution >= 0.6 is 0 Å². The van der Waals surface area contributed by atoms with Gasteiger partial charge in [-0.1, -0.05) is 24.3 Å². The molecule has 0 spiro atoms. The molecule has 0 saturated heterocycles. The van der Waals surface area contributed by atoms with Gasteiger partial charge < -0.3 is 5.32 Å². The molecule has 0 amide bonds. The van der Waals surface area contributed by atoms with E-state index >= 15 is 0 Å². The molecule has 3 rings (SSSR count). The van der Waals surface area contributed by atoms with Gasteiger partial charge in [0.2, 0.25) is 0 Å². The summed E-state index contributed by atoms with van der Waals surface area (Å²) in [6.45, 7) is 1.64. The van der Waals surface area contributed by atoms with Gasteiger partial charge >= 0.3 is 0 Å². The van der Waals surface area contributed by atoms with Gasteiger partial charge in [0.25, 0.3) is 0 Å². The summed E-state index contributed by atoms with van der Waals surface area (Å²) in [4.78, 5) is 0. The highest BCUT2D eigenvalue weighted by atomic mass is 15.1. The second kappa shape index (κ2) is 5.27. The first kappa shape index (κ1) is 11.4. The van der Waals surface area contributed by atoms with Crippen molar-refractivity contribution in [3.8, 4) is 0 Å². The van der Waals surface area contributed by atoms with Crippen LogP contribution in [0.15, 0.2) is 42.6 Å². The van der Waals surface area contributed by atoms with Gasteiger partial charge in [-0.05, 0) is 42.0 Å². The summed E-state index contributed by atoms with van der Waals surface area (Å²) in [6.07, 6.45) is 4.43. The highest BCUT2D eigenvalue weighted by Gasteiger charge is 2.22. The highest BCUT2D eigenvalue weighted by molar-refractivity contribution is 5.27. The maximum atomic E-state index is 4.04. The van der Waals surface area contributed by atoms with Crippen LogP contribution in [0.25, 0.3) is 0 Å². The van der Waals surface area contributed by atoms with Gasteiger partial charge in [-0.15, -0.1) is 0 Å². The van der Waals surface area contributed by atoms with E-state index in [1.165, 1.54) is 24.0 Å². The third kappa shape index (κ3) is 2.93. The van der Waals surface area contributed by atoms with Crippen molar-refractivity contribution < 1.29 is 0 Å². The Morgan fingerprint density at radius 2 is 1.89 bits per heavy atom. The largest absolute Gasteiger partial charge is 0.307 e. The number of rotatable bonds is 5. The topological polar surface area (TPSA) is 37.8 Å². The number of benzene rings is 1. The van der Waals surface area contributed by atoms with Gasteiger partial charge in [0.05, 0.1) is 5.69 Å². The Morgan fingerprint density at radius 1 is 1.06 bits per heavy atom. The fourth-order valence-electron chi connectivity index (χ4n) is 2.09. The van der Waals surface area contributed by atoms with Gasteiger partial charge in [-0.25, -0.2) is 0 Å². The molecule has 92 valence electrons. The molecule has 1 saturated carbocycles. The van der Waals surface area contributed by atoms with Crippen molar-refractivity contribution in [2.24, 2.45) is 0 Å². The number of hydrogen-bond donors (Lipinski definition) is 1. The summed E-state index contributed by atoms with van der Waals surface area (Å²) in [5.74, 6) is 0.839. The lowest BCUT2D eigenvalue weighted by molar-refractivity contribution is 0.670. The fraction of sp³-hybridized carbons (Fsp3) is 0.333. The summed E-state index contributed by atoms with van der Waals surface area (Å²) >= 11 is 0. The summed E-state index contributed by atoms with van der Waals surface area (Å²) in [7, 11) is 0. The predicted molar refractivity (Wildman–Crippen MR) is 71.0 cm³/mol. The summed E-state index contributed by atoms with van der Waals surface area (Å²) < 4.78 is 0. The molecule has 1 aliphatic carbocycles. The lowest BCUT2D eigenvalue weighted by Crippen LogP contribution is -2.13. The van der Waals surface area contributed by atoms with E-state index in [1.807, 2.05) is 12.1 Å². The SMILES string of the molecule is c1cnnc(CNCc2ccc(C3CC3)cc2)c1. The van der Waals surface area contributed by atoms with Crippen LogP contribution in [0.1, 0.15) is 35.6 Å². The molecule has 3 nitrogen and oxygen atoms in total. The Labute approximate surface area is 107 Å². The Kier molecular flexibility index (Phi) is 3.33. The Balaban J connectivity index is 1.50. The minimum atomic E-state index is 0.762. The van der Waals surface area contributed by atoms with Crippen molar-refractivity contribution in [3.05, 3.63) is 59.4 Å². The van der Waals surface area contributed by atoms with Crippen LogP contribution < -0.4 is 5.32 Å². The smallest absolute Gasteiger partial charge is 0.0769 e. The van der Waals surface area contributed by atoms with E-state index in [4.69, 9.17) is 0 Å². The molecule has 1 N–H and O–H groups in total. The van der Waals surface area contributed by atoms with E-state index in [-0.39, 0.29) is 0 Å². The van der Waals surface area contributed by atoms with Crippen LogP contribution in [-0.4, -0.2) is 10.2 Å². The molecule has 2 aromatic rings. The maximum absolute atomic E-state index is 4.04. The molecule has 0 aliphatic heterocycles. The van der Waals surface area contributed by atoms with Crippen LogP contribution in [-0.2, 0) is 13.1 Å². The number of hydrogen-bond acceptors (Lipinski definition) is 3.